The van der Waals surface area contributed by atoms with Crippen molar-refractivity contribution in [1.29, 1.82) is 0 Å². The maximum Gasteiger partial charge on any atom is 0.318 e. The molecule has 0 bridgehead atoms. The van der Waals surface area contributed by atoms with Crippen LogP contribution in [0.15, 0.2) is 18.3 Å². The van der Waals surface area contributed by atoms with Gasteiger partial charge in [0, 0.05) is 45.8 Å². The number of aromatic nitrogens is 1. The first kappa shape index (κ1) is 17.9. The molecule has 8 heteroatoms. The van der Waals surface area contributed by atoms with Gasteiger partial charge in [-0.3, -0.25) is 4.79 Å². The minimum atomic E-state index is -0.400. The highest BCUT2D eigenvalue weighted by atomic mass is 16.5. The van der Waals surface area contributed by atoms with Crippen LogP contribution in [0.5, 0.6) is 5.75 Å². The van der Waals surface area contributed by atoms with Gasteiger partial charge in [0.05, 0.1) is 6.54 Å². The fourth-order valence-corrected chi connectivity index (χ4v) is 4.03. The van der Waals surface area contributed by atoms with Crippen molar-refractivity contribution < 1.29 is 14.3 Å². The molecule has 27 heavy (non-hydrogen) atoms. The molecule has 1 N–H and O–H groups in total. The number of pyridine rings is 1. The smallest absolute Gasteiger partial charge is 0.318 e. The molecule has 0 saturated carbocycles. The number of likely N-dealkylation sites (tertiary alicyclic amines) is 2. The van der Waals surface area contributed by atoms with Crippen molar-refractivity contribution in [3.05, 3.63) is 18.3 Å². The lowest BCUT2D eigenvalue weighted by atomic mass is 10.2. The van der Waals surface area contributed by atoms with Crippen molar-refractivity contribution in [2.24, 2.45) is 0 Å². The van der Waals surface area contributed by atoms with E-state index in [1.54, 1.807) is 23.0 Å². The molecule has 3 aliphatic heterocycles. The maximum absolute atomic E-state index is 12.5. The number of anilines is 1. The molecule has 1 aromatic rings. The van der Waals surface area contributed by atoms with Crippen molar-refractivity contribution in [1.82, 2.24) is 20.1 Å². The predicted molar refractivity (Wildman–Crippen MR) is 101 cm³/mol. The van der Waals surface area contributed by atoms with Crippen molar-refractivity contribution >= 4 is 17.8 Å². The van der Waals surface area contributed by atoms with E-state index in [0.29, 0.717) is 26.1 Å². The van der Waals surface area contributed by atoms with Gasteiger partial charge in [0.1, 0.15) is 12.1 Å². The van der Waals surface area contributed by atoms with Crippen LogP contribution in [0.1, 0.15) is 25.7 Å². The number of urea groups is 1. The van der Waals surface area contributed by atoms with Crippen LogP contribution >= 0.6 is 0 Å². The first-order valence-corrected chi connectivity index (χ1v) is 9.79. The lowest BCUT2D eigenvalue weighted by Crippen LogP contribution is -2.47. The summed E-state index contributed by atoms with van der Waals surface area (Å²) in [5, 5.41) is 2.86. The molecule has 4 heterocycles. The molecule has 0 spiro atoms. The Labute approximate surface area is 159 Å². The lowest BCUT2D eigenvalue weighted by molar-refractivity contribution is -0.128. The monoisotopic (exact) mass is 373 g/mol. The first-order valence-electron chi connectivity index (χ1n) is 9.79. The zero-order valence-corrected chi connectivity index (χ0v) is 15.8. The van der Waals surface area contributed by atoms with E-state index in [4.69, 9.17) is 4.74 Å². The van der Waals surface area contributed by atoms with E-state index in [-0.39, 0.29) is 18.0 Å². The second-order valence-corrected chi connectivity index (χ2v) is 7.54. The number of nitrogens with zero attached hydrogens (tertiary/aromatic N) is 4. The number of nitrogens with one attached hydrogen (secondary N) is 1. The molecule has 0 aromatic carbocycles. The molecule has 0 unspecified atom stereocenters. The van der Waals surface area contributed by atoms with E-state index >= 15 is 0 Å². The van der Waals surface area contributed by atoms with Gasteiger partial charge in [-0.1, -0.05) is 0 Å². The summed E-state index contributed by atoms with van der Waals surface area (Å²) in [4.78, 5) is 34.6. The predicted octanol–water partition coefficient (Wildman–Crippen LogP) is 1.08. The molecular weight excluding hydrogens is 346 g/mol. The van der Waals surface area contributed by atoms with E-state index in [2.05, 4.69) is 15.2 Å². The van der Waals surface area contributed by atoms with Gasteiger partial charge < -0.3 is 24.8 Å². The number of carbonyl (C=O) groups is 2. The van der Waals surface area contributed by atoms with E-state index in [9.17, 15) is 9.59 Å². The summed E-state index contributed by atoms with van der Waals surface area (Å²) in [7, 11) is 1.76. The number of amides is 3. The molecule has 0 aliphatic carbocycles. The average molecular weight is 373 g/mol. The Morgan fingerprint density at radius 1 is 1.22 bits per heavy atom. The second-order valence-electron chi connectivity index (χ2n) is 7.54. The van der Waals surface area contributed by atoms with Crippen LogP contribution in [-0.2, 0) is 4.79 Å². The van der Waals surface area contributed by atoms with Gasteiger partial charge in [-0.25, -0.2) is 9.78 Å². The Bertz CT molecular complexity index is 706. The van der Waals surface area contributed by atoms with Crippen molar-refractivity contribution in [2.45, 2.75) is 37.8 Å². The summed E-state index contributed by atoms with van der Waals surface area (Å²) < 4.78 is 6.21. The van der Waals surface area contributed by atoms with Crippen LogP contribution in [0.25, 0.3) is 0 Å². The third kappa shape index (κ3) is 3.79. The molecule has 0 radical (unpaired) electrons. The molecule has 2 atom stereocenters. The van der Waals surface area contributed by atoms with Gasteiger partial charge in [0.2, 0.25) is 5.91 Å². The molecule has 3 saturated heterocycles. The number of rotatable bonds is 4. The van der Waals surface area contributed by atoms with Gasteiger partial charge >= 0.3 is 6.03 Å². The van der Waals surface area contributed by atoms with E-state index < -0.39 is 6.04 Å². The first-order chi connectivity index (χ1) is 13.1. The summed E-state index contributed by atoms with van der Waals surface area (Å²) in [6.45, 7) is 3.87. The van der Waals surface area contributed by atoms with Gasteiger partial charge in [0.15, 0.2) is 11.6 Å². The Hall–Kier alpha value is -2.51. The van der Waals surface area contributed by atoms with Gasteiger partial charge in [-0.2, -0.15) is 0 Å². The molecule has 1 aromatic heterocycles. The number of hydrogen-bond acceptors (Lipinski definition) is 5. The van der Waals surface area contributed by atoms with Gasteiger partial charge in [-0.05, 0) is 31.4 Å². The SMILES string of the molecule is CN1CC[C@H](NC(=O)N2CC[C@H](Oc3cccnc3N3CCCC3)C2)C1=O. The molecule has 146 valence electrons. The fourth-order valence-electron chi connectivity index (χ4n) is 4.03. The zero-order chi connectivity index (χ0) is 18.8. The summed E-state index contributed by atoms with van der Waals surface area (Å²) in [6.07, 6.45) is 5.56. The Kier molecular flexibility index (Phi) is 5.05. The molecule has 3 amide bonds. The third-order valence-electron chi connectivity index (χ3n) is 5.61. The molecule has 4 rings (SSSR count). The average Bonchev–Trinajstić information content (AvgIpc) is 3.41. The van der Waals surface area contributed by atoms with Crippen LogP contribution in [0.3, 0.4) is 0 Å². The van der Waals surface area contributed by atoms with Crippen molar-refractivity contribution in [3.8, 4) is 5.75 Å². The minimum absolute atomic E-state index is 0.0130. The van der Waals surface area contributed by atoms with Crippen LogP contribution in [-0.4, -0.2) is 78.6 Å². The topological polar surface area (TPSA) is 78.0 Å². The number of carbonyl (C=O) groups excluding carboxylic acids is 2. The molecule has 3 fully saturated rings. The standard InChI is InChI=1S/C19H27N5O3/c1-22-11-7-15(18(22)25)21-19(26)24-12-6-14(13-24)27-16-5-4-8-20-17(16)23-9-2-3-10-23/h4-5,8,14-15H,2-3,6-7,9-13H2,1H3,(H,21,26)/t14-,15-/m0/s1. The van der Waals surface area contributed by atoms with E-state index in [1.807, 2.05) is 12.1 Å². The van der Waals surface area contributed by atoms with Crippen LogP contribution in [0.2, 0.25) is 0 Å². The maximum atomic E-state index is 12.5. The van der Waals surface area contributed by atoms with Gasteiger partial charge in [-0.15, -0.1) is 0 Å². The largest absolute Gasteiger partial charge is 0.485 e. The minimum Gasteiger partial charge on any atom is -0.485 e. The number of hydrogen-bond donors (Lipinski definition) is 1. The quantitative estimate of drug-likeness (QED) is 0.854. The third-order valence-corrected chi connectivity index (χ3v) is 5.61. The molecule has 8 nitrogen and oxygen atoms in total. The summed E-state index contributed by atoms with van der Waals surface area (Å²) in [5.74, 6) is 1.68. The van der Waals surface area contributed by atoms with E-state index in [1.165, 1.54) is 12.8 Å². The van der Waals surface area contributed by atoms with Crippen LogP contribution in [0, 0.1) is 0 Å². The Morgan fingerprint density at radius 3 is 2.78 bits per heavy atom. The van der Waals surface area contributed by atoms with Crippen LogP contribution < -0.4 is 15.0 Å². The highest BCUT2D eigenvalue weighted by Crippen LogP contribution is 2.30. The van der Waals surface area contributed by atoms with Crippen LogP contribution in [0.4, 0.5) is 10.6 Å². The summed E-state index contributed by atoms with van der Waals surface area (Å²) >= 11 is 0. The Balaban J connectivity index is 1.34. The second kappa shape index (κ2) is 7.62. The number of likely N-dealkylation sites (N-methyl/N-ethyl adjacent to an activating group) is 1. The summed E-state index contributed by atoms with van der Waals surface area (Å²) in [5.41, 5.74) is 0. The molecule has 3 aliphatic rings. The fraction of sp³-hybridized carbons (Fsp3) is 0.632. The van der Waals surface area contributed by atoms with E-state index in [0.717, 1.165) is 31.1 Å². The normalized spacial score (nSPS) is 25.4. The Morgan fingerprint density at radius 2 is 2.04 bits per heavy atom. The van der Waals surface area contributed by atoms with Crippen molar-refractivity contribution in [3.63, 3.8) is 0 Å². The lowest BCUT2D eigenvalue weighted by Gasteiger charge is -2.23. The highest BCUT2D eigenvalue weighted by Gasteiger charge is 2.34. The number of ether oxygens (including phenoxy) is 1. The zero-order valence-electron chi connectivity index (χ0n) is 15.8. The van der Waals surface area contributed by atoms with Gasteiger partial charge in [0.25, 0.3) is 0 Å². The summed E-state index contributed by atoms with van der Waals surface area (Å²) in [6, 6.07) is 3.26. The van der Waals surface area contributed by atoms with Crippen molar-refractivity contribution in [2.75, 3.05) is 44.7 Å². The highest BCUT2D eigenvalue weighted by molar-refractivity contribution is 5.88. The molecular formula is C19H27N5O3.